The number of nitrogens with zero attached hydrogens (tertiary/aromatic N) is 1. The lowest BCUT2D eigenvalue weighted by molar-refractivity contribution is -0.137. The molecule has 7 heteroatoms. The summed E-state index contributed by atoms with van der Waals surface area (Å²) in [5, 5.41) is 17.5. The number of rotatable bonds is 7. The summed E-state index contributed by atoms with van der Waals surface area (Å²) in [5.41, 5.74) is 0.0628. The van der Waals surface area contributed by atoms with Gasteiger partial charge in [-0.3, -0.25) is 4.79 Å². The number of carboxylic acid groups (broad SMARTS) is 1. The fourth-order valence-corrected chi connectivity index (χ4v) is 3.51. The van der Waals surface area contributed by atoms with Gasteiger partial charge in [0.2, 0.25) is 10.0 Å². The molecule has 0 fully saturated rings. The number of benzene rings is 1. The molecule has 1 aromatic carbocycles. The van der Waals surface area contributed by atoms with Gasteiger partial charge < -0.3 is 5.11 Å². The zero-order valence-corrected chi connectivity index (χ0v) is 12.8. The third kappa shape index (κ3) is 6.38. The Hall–Kier alpha value is -1.91. The van der Waals surface area contributed by atoms with Crippen LogP contribution >= 0.6 is 0 Å². The van der Waals surface area contributed by atoms with Crippen molar-refractivity contribution in [2.75, 3.05) is 0 Å². The van der Waals surface area contributed by atoms with Gasteiger partial charge in [-0.2, -0.15) is 5.26 Å². The molecule has 0 aliphatic heterocycles. The molecule has 1 rings (SSSR count). The van der Waals surface area contributed by atoms with Crippen LogP contribution in [0.4, 0.5) is 0 Å². The quantitative estimate of drug-likeness (QED) is 0.795. The molecule has 0 aliphatic carbocycles. The Morgan fingerprint density at radius 1 is 1.43 bits per heavy atom. The summed E-state index contributed by atoms with van der Waals surface area (Å²) in [6.45, 7) is 3.28. The van der Waals surface area contributed by atoms with Crippen LogP contribution in [0.2, 0.25) is 0 Å². The Morgan fingerprint density at radius 2 is 2.10 bits per heavy atom. The van der Waals surface area contributed by atoms with E-state index in [4.69, 9.17) is 10.4 Å². The molecule has 0 spiro atoms. The standard InChI is InChI=1S/C14H18N2O4S/c1-14(2,7-6-13(17)18)16-21(19,20)10-12-5-3-4-11(8-12)9-15/h3-5,8,16H,6-7,10H2,1-2H3,(H,17,18). The van der Waals surface area contributed by atoms with Gasteiger partial charge in [-0.15, -0.1) is 0 Å². The fraction of sp³-hybridized carbons (Fsp3) is 0.429. The van der Waals surface area contributed by atoms with E-state index in [-0.39, 0.29) is 18.6 Å². The Bertz CT molecular complexity index is 660. The highest BCUT2D eigenvalue weighted by Crippen LogP contribution is 2.15. The van der Waals surface area contributed by atoms with Gasteiger partial charge in [-0.25, -0.2) is 13.1 Å². The Labute approximate surface area is 124 Å². The molecule has 2 N–H and O–H groups in total. The first-order valence-corrected chi connectivity index (χ1v) is 8.01. The van der Waals surface area contributed by atoms with Gasteiger partial charge in [-0.1, -0.05) is 12.1 Å². The zero-order valence-electron chi connectivity index (χ0n) is 12.0. The average Bonchev–Trinajstić information content (AvgIpc) is 2.35. The maximum absolute atomic E-state index is 12.1. The molecule has 0 heterocycles. The van der Waals surface area contributed by atoms with Crippen LogP contribution in [0, 0.1) is 11.3 Å². The summed E-state index contributed by atoms with van der Waals surface area (Å²) in [7, 11) is -3.62. The maximum atomic E-state index is 12.1. The van der Waals surface area contributed by atoms with Crippen LogP contribution < -0.4 is 4.72 Å². The SMILES string of the molecule is CC(C)(CCC(=O)O)NS(=O)(=O)Cc1cccc(C#N)c1. The number of sulfonamides is 1. The summed E-state index contributed by atoms with van der Waals surface area (Å²) < 4.78 is 26.7. The molecule has 0 bridgehead atoms. The highest BCUT2D eigenvalue weighted by Gasteiger charge is 2.25. The van der Waals surface area contributed by atoms with Crippen LogP contribution in [-0.4, -0.2) is 25.0 Å². The summed E-state index contributed by atoms with van der Waals surface area (Å²) in [4.78, 5) is 10.6. The van der Waals surface area contributed by atoms with E-state index in [1.807, 2.05) is 6.07 Å². The van der Waals surface area contributed by atoms with E-state index in [0.29, 0.717) is 11.1 Å². The second-order valence-corrected chi connectivity index (χ2v) is 7.17. The van der Waals surface area contributed by atoms with E-state index < -0.39 is 21.5 Å². The molecule has 1 aromatic rings. The first-order chi connectivity index (χ1) is 9.63. The van der Waals surface area contributed by atoms with E-state index in [2.05, 4.69) is 4.72 Å². The normalized spacial score (nSPS) is 11.9. The summed E-state index contributed by atoms with van der Waals surface area (Å²) in [5.74, 6) is -1.22. The summed E-state index contributed by atoms with van der Waals surface area (Å²) >= 11 is 0. The van der Waals surface area contributed by atoms with E-state index in [0.717, 1.165) is 0 Å². The van der Waals surface area contributed by atoms with Crippen LogP contribution in [0.25, 0.3) is 0 Å². The molecule has 0 unspecified atom stereocenters. The zero-order chi connectivity index (χ0) is 16.1. The Kier molecular flexibility index (Phi) is 5.47. The summed E-state index contributed by atoms with van der Waals surface area (Å²) in [6.07, 6.45) is 0.0826. The molecule has 0 atom stereocenters. The van der Waals surface area contributed by atoms with Gasteiger partial charge in [0.15, 0.2) is 0 Å². The maximum Gasteiger partial charge on any atom is 0.303 e. The smallest absolute Gasteiger partial charge is 0.303 e. The average molecular weight is 310 g/mol. The van der Waals surface area contributed by atoms with E-state index >= 15 is 0 Å². The number of nitrogens with one attached hydrogen (secondary N) is 1. The number of carboxylic acids is 1. The third-order valence-corrected chi connectivity index (χ3v) is 4.39. The van der Waals surface area contributed by atoms with Crippen molar-refractivity contribution in [3.8, 4) is 6.07 Å². The van der Waals surface area contributed by atoms with Crippen molar-refractivity contribution in [2.24, 2.45) is 0 Å². The van der Waals surface area contributed by atoms with Crippen LogP contribution in [0.5, 0.6) is 0 Å². The second kappa shape index (κ2) is 6.70. The van der Waals surface area contributed by atoms with Crippen molar-refractivity contribution >= 4 is 16.0 Å². The first-order valence-electron chi connectivity index (χ1n) is 6.36. The van der Waals surface area contributed by atoms with Crippen molar-refractivity contribution in [3.63, 3.8) is 0 Å². The predicted molar refractivity (Wildman–Crippen MR) is 77.9 cm³/mol. The van der Waals surface area contributed by atoms with Crippen molar-refractivity contribution < 1.29 is 18.3 Å². The number of hydrogen-bond acceptors (Lipinski definition) is 4. The lowest BCUT2D eigenvalue weighted by atomic mass is 10.0. The van der Waals surface area contributed by atoms with Gasteiger partial charge in [-0.05, 0) is 38.0 Å². The number of aliphatic carboxylic acids is 1. The number of hydrogen-bond donors (Lipinski definition) is 2. The first kappa shape index (κ1) is 17.1. The van der Waals surface area contributed by atoms with Crippen LogP contribution in [0.1, 0.15) is 37.8 Å². The van der Waals surface area contributed by atoms with Crippen LogP contribution in [0.3, 0.4) is 0 Å². The van der Waals surface area contributed by atoms with Crippen molar-refractivity contribution in [2.45, 2.75) is 38.0 Å². The summed E-state index contributed by atoms with van der Waals surface area (Å²) in [6, 6.07) is 8.32. The van der Waals surface area contributed by atoms with Crippen molar-refractivity contribution in [1.29, 1.82) is 5.26 Å². The molecule has 0 amide bonds. The molecule has 0 aliphatic rings. The monoisotopic (exact) mass is 310 g/mol. The second-order valence-electron chi connectivity index (χ2n) is 5.45. The Balaban J connectivity index is 2.77. The van der Waals surface area contributed by atoms with Gasteiger partial charge in [0.1, 0.15) is 0 Å². The van der Waals surface area contributed by atoms with Gasteiger partial charge in [0.05, 0.1) is 17.4 Å². The minimum absolute atomic E-state index is 0.112. The van der Waals surface area contributed by atoms with Gasteiger partial charge in [0.25, 0.3) is 0 Å². The minimum Gasteiger partial charge on any atom is -0.481 e. The highest BCUT2D eigenvalue weighted by atomic mass is 32.2. The Morgan fingerprint density at radius 3 is 2.67 bits per heavy atom. The van der Waals surface area contributed by atoms with Gasteiger partial charge in [0, 0.05) is 12.0 Å². The number of carbonyl (C=O) groups is 1. The van der Waals surface area contributed by atoms with Crippen molar-refractivity contribution in [3.05, 3.63) is 35.4 Å². The topological polar surface area (TPSA) is 107 Å². The molecule has 6 nitrogen and oxygen atoms in total. The molecule has 114 valence electrons. The van der Waals surface area contributed by atoms with Crippen LogP contribution in [-0.2, 0) is 20.6 Å². The fourth-order valence-electron chi connectivity index (χ4n) is 1.88. The van der Waals surface area contributed by atoms with Crippen LogP contribution in [0.15, 0.2) is 24.3 Å². The molecule has 0 saturated carbocycles. The van der Waals surface area contributed by atoms with E-state index in [1.165, 1.54) is 6.07 Å². The molecule has 0 saturated heterocycles. The molecular weight excluding hydrogens is 292 g/mol. The lowest BCUT2D eigenvalue weighted by Crippen LogP contribution is -2.44. The number of nitriles is 1. The third-order valence-electron chi connectivity index (χ3n) is 2.81. The lowest BCUT2D eigenvalue weighted by Gasteiger charge is -2.25. The van der Waals surface area contributed by atoms with Crippen molar-refractivity contribution in [1.82, 2.24) is 4.72 Å². The highest BCUT2D eigenvalue weighted by molar-refractivity contribution is 7.88. The van der Waals surface area contributed by atoms with E-state index in [9.17, 15) is 13.2 Å². The molecule has 0 radical (unpaired) electrons. The predicted octanol–water partition coefficient (Wildman–Crippen LogP) is 1.62. The van der Waals surface area contributed by atoms with E-state index in [1.54, 1.807) is 32.0 Å². The molecule has 0 aromatic heterocycles. The largest absolute Gasteiger partial charge is 0.481 e. The molecule has 21 heavy (non-hydrogen) atoms. The molecular formula is C14H18N2O4S. The van der Waals surface area contributed by atoms with Gasteiger partial charge >= 0.3 is 5.97 Å². The minimum atomic E-state index is -3.62.